The number of pyridine rings is 1. The van der Waals surface area contributed by atoms with Gasteiger partial charge in [-0.15, -0.1) is 0 Å². The van der Waals surface area contributed by atoms with Crippen LogP contribution < -0.4 is 5.32 Å². The number of nitrogens with one attached hydrogen (secondary N) is 1. The van der Waals surface area contributed by atoms with Crippen LogP contribution in [0.4, 0.5) is 0 Å². The Morgan fingerprint density at radius 2 is 1.73 bits per heavy atom. The van der Waals surface area contributed by atoms with Crippen LogP contribution in [0.25, 0.3) is 22.2 Å². The van der Waals surface area contributed by atoms with Crippen molar-refractivity contribution in [3.8, 4) is 11.3 Å². The number of ether oxygens (including phenoxy) is 1. The Morgan fingerprint density at radius 3 is 2.50 bits per heavy atom. The lowest BCUT2D eigenvalue weighted by molar-refractivity contribution is 0.0730. The quantitative estimate of drug-likeness (QED) is 0.655. The van der Waals surface area contributed by atoms with Gasteiger partial charge < -0.3 is 10.1 Å². The standard InChI is InChI=1S/C22H23N3O4S/c26-22(23-10-15-30(27,28)25-11-13-29-14-12-25)19-16-21(17-6-2-1-3-7-17)24-20-9-5-4-8-18(19)20/h1-9,16H,10-15H2,(H,23,26). The van der Waals surface area contributed by atoms with Gasteiger partial charge in [0.25, 0.3) is 5.91 Å². The normalized spacial score (nSPS) is 15.2. The predicted octanol–water partition coefficient (Wildman–Crippen LogP) is 2.29. The molecule has 1 N–H and O–H groups in total. The minimum absolute atomic E-state index is 0.0375. The van der Waals surface area contributed by atoms with E-state index in [9.17, 15) is 13.2 Å². The van der Waals surface area contributed by atoms with Crippen molar-refractivity contribution in [2.24, 2.45) is 0 Å². The molecule has 7 nitrogen and oxygen atoms in total. The lowest BCUT2D eigenvalue weighted by atomic mass is 10.0. The average molecular weight is 426 g/mol. The lowest BCUT2D eigenvalue weighted by Crippen LogP contribution is -2.43. The third-order valence-electron chi connectivity index (χ3n) is 5.04. The van der Waals surface area contributed by atoms with E-state index in [1.165, 1.54) is 4.31 Å². The van der Waals surface area contributed by atoms with Gasteiger partial charge in [0.2, 0.25) is 10.0 Å². The summed E-state index contributed by atoms with van der Waals surface area (Å²) in [5.41, 5.74) is 2.79. The molecule has 1 saturated heterocycles. The van der Waals surface area contributed by atoms with Gasteiger partial charge in [-0.3, -0.25) is 4.79 Å². The Bertz CT molecular complexity index is 1140. The van der Waals surface area contributed by atoms with E-state index in [-0.39, 0.29) is 18.2 Å². The number of benzene rings is 2. The number of aromatic nitrogens is 1. The van der Waals surface area contributed by atoms with Gasteiger partial charge in [0.15, 0.2) is 0 Å². The van der Waals surface area contributed by atoms with Crippen molar-refractivity contribution in [2.45, 2.75) is 0 Å². The Morgan fingerprint density at radius 1 is 1.03 bits per heavy atom. The second-order valence-electron chi connectivity index (χ2n) is 7.02. The molecule has 156 valence electrons. The molecule has 1 fully saturated rings. The van der Waals surface area contributed by atoms with E-state index >= 15 is 0 Å². The van der Waals surface area contributed by atoms with Gasteiger partial charge in [0.05, 0.1) is 35.7 Å². The summed E-state index contributed by atoms with van der Waals surface area (Å²) in [5.74, 6) is -0.462. The molecule has 1 aliphatic rings. The van der Waals surface area contributed by atoms with E-state index in [0.717, 1.165) is 10.9 Å². The summed E-state index contributed by atoms with van der Waals surface area (Å²) in [6, 6.07) is 18.8. The van der Waals surface area contributed by atoms with E-state index in [1.807, 2.05) is 54.6 Å². The highest BCUT2D eigenvalue weighted by molar-refractivity contribution is 7.89. The third-order valence-corrected chi connectivity index (χ3v) is 6.91. The molecular weight excluding hydrogens is 402 g/mol. The third kappa shape index (κ3) is 4.51. The van der Waals surface area contributed by atoms with Crippen LogP contribution in [0.5, 0.6) is 0 Å². The van der Waals surface area contributed by atoms with Crippen LogP contribution >= 0.6 is 0 Å². The number of carbonyl (C=O) groups excluding carboxylic acids is 1. The number of para-hydroxylation sites is 1. The first kappa shape index (κ1) is 20.5. The number of hydrogen-bond acceptors (Lipinski definition) is 5. The molecule has 0 unspecified atom stereocenters. The van der Waals surface area contributed by atoms with Crippen molar-refractivity contribution in [1.82, 2.24) is 14.6 Å². The Hall–Kier alpha value is -2.81. The molecular formula is C22H23N3O4S. The van der Waals surface area contributed by atoms with E-state index in [1.54, 1.807) is 6.07 Å². The maximum absolute atomic E-state index is 12.9. The Balaban J connectivity index is 1.54. The van der Waals surface area contributed by atoms with Crippen LogP contribution in [-0.4, -0.2) is 62.2 Å². The lowest BCUT2D eigenvalue weighted by Gasteiger charge is -2.26. The molecule has 0 aliphatic carbocycles. The summed E-state index contributed by atoms with van der Waals surface area (Å²) in [4.78, 5) is 17.6. The van der Waals surface area contributed by atoms with E-state index in [2.05, 4.69) is 10.3 Å². The SMILES string of the molecule is O=C(NCCS(=O)(=O)N1CCOCC1)c1cc(-c2ccccc2)nc2ccccc12. The zero-order valence-electron chi connectivity index (χ0n) is 16.5. The largest absolute Gasteiger partial charge is 0.379 e. The molecule has 30 heavy (non-hydrogen) atoms. The van der Waals surface area contributed by atoms with Crippen LogP contribution in [0.15, 0.2) is 60.7 Å². The van der Waals surface area contributed by atoms with Crippen LogP contribution in [0, 0.1) is 0 Å². The van der Waals surface area contributed by atoms with Crippen LogP contribution in [0.3, 0.4) is 0 Å². The molecule has 1 aliphatic heterocycles. The van der Waals surface area contributed by atoms with Crippen molar-refractivity contribution in [1.29, 1.82) is 0 Å². The number of morpholine rings is 1. The van der Waals surface area contributed by atoms with E-state index < -0.39 is 10.0 Å². The number of nitrogens with zero attached hydrogens (tertiary/aromatic N) is 2. The van der Waals surface area contributed by atoms with Crippen LogP contribution in [-0.2, 0) is 14.8 Å². The molecule has 4 rings (SSSR count). The van der Waals surface area contributed by atoms with Gasteiger partial charge in [0, 0.05) is 30.6 Å². The zero-order valence-corrected chi connectivity index (χ0v) is 17.3. The molecule has 0 radical (unpaired) electrons. The molecule has 2 heterocycles. The number of amides is 1. The smallest absolute Gasteiger partial charge is 0.252 e. The molecule has 1 aromatic heterocycles. The maximum atomic E-state index is 12.9. The molecule has 1 amide bonds. The van der Waals surface area contributed by atoms with Gasteiger partial charge >= 0.3 is 0 Å². The Kier molecular flexibility index (Phi) is 6.08. The summed E-state index contributed by atoms with van der Waals surface area (Å²) in [6.07, 6.45) is 0. The van der Waals surface area contributed by atoms with Crippen molar-refractivity contribution in [3.05, 3.63) is 66.2 Å². The summed E-state index contributed by atoms with van der Waals surface area (Å²) < 4.78 is 31.5. The van der Waals surface area contributed by atoms with Crippen LogP contribution in [0.2, 0.25) is 0 Å². The average Bonchev–Trinajstić information content (AvgIpc) is 2.79. The summed E-state index contributed by atoms with van der Waals surface area (Å²) in [6.45, 7) is 1.54. The first-order valence-electron chi connectivity index (χ1n) is 9.83. The van der Waals surface area contributed by atoms with E-state index in [0.29, 0.717) is 43.1 Å². The molecule has 0 saturated carbocycles. The van der Waals surface area contributed by atoms with E-state index in [4.69, 9.17) is 4.74 Å². The van der Waals surface area contributed by atoms with Crippen LogP contribution in [0.1, 0.15) is 10.4 Å². The fourth-order valence-electron chi connectivity index (χ4n) is 3.46. The number of fused-ring (bicyclic) bond motifs is 1. The highest BCUT2D eigenvalue weighted by Gasteiger charge is 2.24. The zero-order chi connectivity index (χ0) is 21.0. The summed E-state index contributed by atoms with van der Waals surface area (Å²) in [7, 11) is -3.43. The molecule has 0 atom stereocenters. The topological polar surface area (TPSA) is 88.6 Å². The van der Waals surface area contributed by atoms with Crippen molar-refractivity contribution in [2.75, 3.05) is 38.6 Å². The van der Waals surface area contributed by atoms with Crippen molar-refractivity contribution >= 4 is 26.8 Å². The number of hydrogen-bond donors (Lipinski definition) is 1. The van der Waals surface area contributed by atoms with Gasteiger partial charge in [0.1, 0.15) is 0 Å². The predicted molar refractivity (Wildman–Crippen MR) is 116 cm³/mol. The highest BCUT2D eigenvalue weighted by atomic mass is 32.2. The molecule has 0 bridgehead atoms. The fourth-order valence-corrected chi connectivity index (χ4v) is 4.79. The summed E-state index contributed by atoms with van der Waals surface area (Å²) in [5, 5.41) is 3.49. The second-order valence-corrected chi connectivity index (χ2v) is 9.11. The molecule has 8 heteroatoms. The fraction of sp³-hybridized carbons (Fsp3) is 0.273. The molecule has 2 aromatic carbocycles. The molecule has 3 aromatic rings. The van der Waals surface area contributed by atoms with Gasteiger partial charge in [-0.2, -0.15) is 4.31 Å². The minimum atomic E-state index is -3.43. The summed E-state index contributed by atoms with van der Waals surface area (Å²) >= 11 is 0. The maximum Gasteiger partial charge on any atom is 0.252 e. The minimum Gasteiger partial charge on any atom is -0.379 e. The first-order chi connectivity index (χ1) is 14.5. The first-order valence-corrected chi connectivity index (χ1v) is 11.4. The van der Waals surface area contributed by atoms with Gasteiger partial charge in [-0.1, -0.05) is 48.5 Å². The van der Waals surface area contributed by atoms with Crippen molar-refractivity contribution < 1.29 is 17.9 Å². The monoisotopic (exact) mass is 425 g/mol. The van der Waals surface area contributed by atoms with Gasteiger partial charge in [-0.05, 0) is 12.1 Å². The second kappa shape index (κ2) is 8.91. The highest BCUT2D eigenvalue weighted by Crippen LogP contribution is 2.24. The number of sulfonamides is 1. The Labute approximate surface area is 175 Å². The molecule has 0 spiro atoms. The number of rotatable bonds is 6. The van der Waals surface area contributed by atoms with Gasteiger partial charge in [-0.25, -0.2) is 13.4 Å². The van der Waals surface area contributed by atoms with Crippen molar-refractivity contribution in [3.63, 3.8) is 0 Å². The number of carbonyl (C=O) groups is 1.